The van der Waals surface area contributed by atoms with Gasteiger partial charge in [0.1, 0.15) is 13.2 Å². The molecule has 2 amide bonds. The van der Waals surface area contributed by atoms with Crippen LogP contribution in [-0.2, 0) is 14.9 Å². The molecule has 0 saturated heterocycles. The summed E-state index contributed by atoms with van der Waals surface area (Å²) in [5.74, 6) is 2.27. The first kappa shape index (κ1) is 16.4. The maximum atomic E-state index is 11.5. The number of carbonyl (C=O) groups excluding carboxylic acids is 2. The molecule has 0 spiro atoms. The topological polar surface area (TPSA) is 90.7 Å². The number of amides is 2. The van der Waals surface area contributed by atoms with E-state index in [-0.39, 0.29) is 19.8 Å². The highest BCUT2D eigenvalue weighted by Gasteiger charge is 2.30. The highest BCUT2D eigenvalue weighted by atomic mass is 16.6. The summed E-state index contributed by atoms with van der Waals surface area (Å²) in [5, 5.41) is 2.39. The van der Waals surface area contributed by atoms with Crippen LogP contribution in [0.15, 0.2) is 30.3 Å². The number of terminal acetylenes is 1. The Labute approximate surface area is 123 Å². The van der Waals surface area contributed by atoms with Crippen LogP contribution in [0.5, 0.6) is 0 Å². The van der Waals surface area contributed by atoms with Gasteiger partial charge >= 0.3 is 12.2 Å². The van der Waals surface area contributed by atoms with Gasteiger partial charge in [-0.1, -0.05) is 36.3 Å². The standard InChI is InChI=1S/C15H18N2O4/c1-3-9-17-14(19)21-11-15(2,10-20-13(16)18)12-7-5-4-6-8-12/h1,4-8H,9-11H2,2H3,(H2,16,18)(H,17,19)/t15-/m1/s1. The first-order valence-corrected chi connectivity index (χ1v) is 6.30. The van der Waals surface area contributed by atoms with Gasteiger partial charge in [0, 0.05) is 0 Å². The Morgan fingerprint density at radius 3 is 2.48 bits per heavy atom. The van der Waals surface area contributed by atoms with E-state index in [1.807, 2.05) is 30.3 Å². The van der Waals surface area contributed by atoms with Crippen molar-refractivity contribution in [2.75, 3.05) is 19.8 Å². The average molecular weight is 290 g/mol. The van der Waals surface area contributed by atoms with E-state index in [1.165, 1.54) is 0 Å². The maximum Gasteiger partial charge on any atom is 0.407 e. The van der Waals surface area contributed by atoms with Crippen molar-refractivity contribution in [3.05, 3.63) is 35.9 Å². The molecule has 0 unspecified atom stereocenters. The molecule has 1 atom stereocenters. The van der Waals surface area contributed by atoms with Crippen molar-refractivity contribution in [2.24, 2.45) is 5.73 Å². The van der Waals surface area contributed by atoms with Gasteiger partial charge in [-0.2, -0.15) is 0 Å². The summed E-state index contributed by atoms with van der Waals surface area (Å²) in [6, 6.07) is 9.26. The highest BCUT2D eigenvalue weighted by molar-refractivity contribution is 5.67. The molecule has 112 valence electrons. The van der Waals surface area contributed by atoms with Crippen LogP contribution < -0.4 is 11.1 Å². The van der Waals surface area contributed by atoms with E-state index in [9.17, 15) is 9.59 Å². The molecular formula is C15H18N2O4. The number of ether oxygens (including phenoxy) is 2. The fraction of sp³-hybridized carbons (Fsp3) is 0.333. The number of primary amides is 1. The van der Waals surface area contributed by atoms with E-state index in [0.717, 1.165) is 5.56 Å². The first-order chi connectivity index (χ1) is 9.98. The number of hydrogen-bond acceptors (Lipinski definition) is 4. The molecule has 0 heterocycles. The first-order valence-electron chi connectivity index (χ1n) is 6.30. The molecule has 1 rings (SSSR count). The van der Waals surface area contributed by atoms with Crippen molar-refractivity contribution < 1.29 is 19.1 Å². The van der Waals surface area contributed by atoms with Crippen LogP contribution >= 0.6 is 0 Å². The van der Waals surface area contributed by atoms with E-state index >= 15 is 0 Å². The van der Waals surface area contributed by atoms with Crippen LogP contribution in [0.4, 0.5) is 9.59 Å². The van der Waals surface area contributed by atoms with E-state index < -0.39 is 17.6 Å². The second-order valence-electron chi connectivity index (χ2n) is 4.67. The lowest BCUT2D eigenvalue weighted by atomic mass is 9.84. The van der Waals surface area contributed by atoms with Crippen LogP contribution in [0.25, 0.3) is 0 Å². The van der Waals surface area contributed by atoms with Gasteiger partial charge in [-0.05, 0) is 12.5 Å². The molecule has 0 saturated carbocycles. The van der Waals surface area contributed by atoms with Crippen LogP contribution in [0.3, 0.4) is 0 Å². The van der Waals surface area contributed by atoms with Gasteiger partial charge in [0.25, 0.3) is 0 Å². The predicted octanol–water partition coefficient (Wildman–Crippen LogP) is 1.40. The molecule has 6 nitrogen and oxygen atoms in total. The van der Waals surface area contributed by atoms with Crippen molar-refractivity contribution >= 4 is 12.2 Å². The van der Waals surface area contributed by atoms with Crippen molar-refractivity contribution in [3.63, 3.8) is 0 Å². The van der Waals surface area contributed by atoms with Gasteiger partial charge in [-0.3, -0.25) is 0 Å². The molecule has 0 aliphatic rings. The van der Waals surface area contributed by atoms with E-state index in [0.29, 0.717) is 0 Å². The quantitative estimate of drug-likeness (QED) is 0.775. The minimum absolute atomic E-state index is 0.00519. The van der Waals surface area contributed by atoms with Crippen LogP contribution in [-0.4, -0.2) is 31.9 Å². The molecule has 0 aliphatic carbocycles. The van der Waals surface area contributed by atoms with Gasteiger partial charge in [-0.25, -0.2) is 9.59 Å². The molecule has 6 heteroatoms. The Morgan fingerprint density at radius 1 is 1.29 bits per heavy atom. The second-order valence-corrected chi connectivity index (χ2v) is 4.67. The molecule has 0 radical (unpaired) electrons. The number of nitrogens with two attached hydrogens (primary N) is 1. The summed E-state index contributed by atoms with van der Waals surface area (Å²) in [7, 11) is 0. The van der Waals surface area contributed by atoms with Crippen molar-refractivity contribution in [3.8, 4) is 12.3 Å². The molecule has 0 aliphatic heterocycles. The maximum absolute atomic E-state index is 11.5. The number of rotatable bonds is 6. The third-order valence-electron chi connectivity index (χ3n) is 2.86. The Bertz CT molecular complexity index is 524. The second kappa shape index (κ2) is 7.80. The predicted molar refractivity (Wildman–Crippen MR) is 77.5 cm³/mol. The fourth-order valence-corrected chi connectivity index (χ4v) is 1.68. The Hall–Kier alpha value is -2.68. The monoisotopic (exact) mass is 290 g/mol. The number of benzene rings is 1. The van der Waals surface area contributed by atoms with Gasteiger partial charge in [0.05, 0.1) is 12.0 Å². The summed E-state index contributed by atoms with van der Waals surface area (Å²) >= 11 is 0. The average Bonchev–Trinajstić information content (AvgIpc) is 2.49. The minimum atomic E-state index is -0.881. The summed E-state index contributed by atoms with van der Waals surface area (Å²) in [6.45, 7) is 1.90. The molecule has 1 aromatic rings. The van der Waals surface area contributed by atoms with Gasteiger partial charge < -0.3 is 20.5 Å². The third kappa shape index (κ3) is 5.45. The normalized spacial score (nSPS) is 12.6. The largest absolute Gasteiger partial charge is 0.449 e. The number of alkyl carbamates (subject to hydrolysis) is 1. The lowest BCUT2D eigenvalue weighted by Gasteiger charge is -2.28. The Morgan fingerprint density at radius 2 is 1.90 bits per heavy atom. The lowest BCUT2D eigenvalue weighted by Crippen LogP contribution is -2.38. The molecule has 0 fully saturated rings. The molecule has 0 bridgehead atoms. The van der Waals surface area contributed by atoms with E-state index in [4.69, 9.17) is 21.6 Å². The van der Waals surface area contributed by atoms with Crippen molar-refractivity contribution in [2.45, 2.75) is 12.3 Å². The number of carbonyl (C=O) groups is 2. The van der Waals surface area contributed by atoms with Gasteiger partial charge in [0.2, 0.25) is 0 Å². The summed E-state index contributed by atoms with van der Waals surface area (Å²) in [5.41, 5.74) is 5.15. The third-order valence-corrected chi connectivity index (χ3v) is 2.86. The van der Waals surface area contributed by atoms with E-state index in [2.05, 4.69) is 11.2 Å². The van der Waals surface area contributed by atoms with Crippen LogP contribution in [0.1, 0.15) is 12.5 Å². The molecule has 3 N–H and O–H groups in total. The molecule has 1 aromatic carbocycles. The van der Waals surface area contributed by atoms with Gasteiger partial charge in [0.15, 0.2) is 0 Å². The SMILES string of the molecule is C#CCNC(=O)OC[C@@](C)(COC(N)=O)c1ccccc1. The number of hydrogen-bond donors (Lipinski definition) is 2. The van der Waals surface area contributed by atoms with Crippen LogP contribution in [0, 0.1) is 12.3 Å². The molecule has 21 heavy (non-hydrogen) atoms. The number of nitrogens with one attached hydrogen (secondary N) is 1. The zero-order valence-electron chi connectivity index (χ0n) is 11.8. The van der Waals surface area contributed by atoms with E-state index in [1.54, 1.807) is 6.92 Å². The lowest BCUT2D eigenvalue weighted by molar-refractivity contribution is 0.0781. The summed E-state index contributed by atoms with van der Waals surface area (Å²) in [4.78, 5) is 22.3. The minimum Gasteiger partial charge on any atom is -0.449 e. The summed E-state index contributed by atoms with van der Waals surface area (Å²) in [6.07, 6.45) is 3.53. The van der Waals surface area contributed by atoms with Crippen molar-refractivity contribution in [1.82, 2.24) is 5.32 Å². The zero-order chi connectivity index (χ0) is 15.7. The Balaban J connectivity index is 2.75. The van der Waals surface area contributed by atoms with Gasteiger partial charge in [-0.15, -0.1) is 6.42 Å². The fourth-order valence-electron chi connectivity index (χ4n) is 1.68. The smallest absolute Gasteiger partial charge is 0.407 e. The zero-order valence-corrected chi connectivity index (χ0v) is 11.8. The highest BCUT2D eigenvalue weighted by Crippen LogP contribution is 2.24. The van der Waals surface area contributed by atoms with Crippen LogP contribution in [0.2, 0.25) is 0 Å². The Kier molecular flexibility index (Phi) is 6.08. The molecule has 0 aromatic heterocycles. The molecular weight excluding hydrogens is 272 g/mol. The summed E-state index contributed by atoms with van der Waals surface area (Å²) < 4.78 is 9.99. The van der Waals surface area contributed by atoms with Crippen molar-refractivity contribution in [1.29, 1.82) is 0 Å².